The number of hydrogen-bond donors (Lipinski definition) is 1. The van der Waals surface area contributed by atoms with Crippen LogP contribution < -0.4 is 5.32 Å². The normalized spacial score (nSPS) is 10.8. The van der Waals surface area contributed by atoms with E-state index in [4.69, 9.17) is 0 Å². The fraction of sp³-hybridized carbons (Fsp3) is 0.308. The minimum Gasteiger partial charge on any atom is -0.388 e. The number of pyridine rings is 1. The number of anilines is 1. The van der Waals surface area contributed by atoms with Crippen LogP contribution in [0.3, 0.4) is 0 Å². The van der Waals surface area contributed by atoms with Crippen molar-refractivity contribution >= 4 is 32.5 Å². The Hall–Kier alpha value is -1.09. The number of benzene rings is 1. The van der Waals surface area contributed by atoms with E-state index in [-0.39, 0.29) is 0 Å². The Morgan fingerprint density at radius 1 is 1.31 bits per heavy atom. The topological polar surface area (TPSA) is 24.9 Å². The molecule has 1 aromatic heterocycles. The van der Waals surface area contributed by atoms with Crippen molar-refractivity contribution in [3.63, 3.8) is 0 Å². The van der Waals surface area contributed by atoms with Crippen LogP contribution in [0.5, 0.6) is 0 Å². The minimum atomic E-state index is 0.996. The molecule has 0 amide bonds. The molecule has 0 spiro atoms. The second-order valence-corrected chi connectivity index (χ2v) is 4.79. The largest absolute Gasteiger partial charge is 0.388 e. The molecule has 2 rings (SSSR count). The third-order valence-electron chi connectivity index (χ3n) is 2.74. The number of nitrogens with zero attached hydrogens (tertiary/aromatic N) is 1. The van der Waals surface area contributed by atoms with Crippen molar-refractivity contribution in [2.45, 2.75) is 20.3 Å². The molecule has 0 fully saturated rings. The zero-order chi connectivity index (χ0) is 11.7. The average molecular weight is 279 g/mol. The Morgan fingerprint density at radius 3 is 2.69 bits per heavy atom. The molecular weight excluding hydrogens is 264 g/mol. The standard InChI is InChI=1S/C13H15BrN2/c1-4-9-6-10(14)7-11-12(15-3)5-8(2)16-13(9)11/h5-7H,4H2,1-3H3,(H,15,16). The molecular formula is C13H15BrN2. The van der Waals surface area contributed by atoms with Crippen LogP contribution >= 0.6 is 15.9 Å². The number of fused-ring (bicyclic) bond motifs is 1. The Balaban J connectivity index is 2.87. The van der Waals surface area contributed by atoms with Crippen molar-refractivity contribution in [3.05, 3.63) is 33.9 Å². The number of aromatic nitrogens is 1. The van der Waals surface area contributed by atoms with E-state index in [2.05, 4.69) is 51.4 Å². The highest BCUT2D eigenvalue weighted by atomic mass is 79.9. The summed E-state index contributed by atoms with van der Waals surface area (Å²) in [6.45, 7) is 4.19. The quantitative estimate of drug-likeness (QED) is 0.901. The second-order valence-electron chi connectivity index (χ2n) is 3.88. The van der Waals surface area contributed by atoms with Gasteiger partial charge in [-0.15, -0.1) is 0 Å². The van der Waals surface area contributed by atoms with Gasteiger partial charge in [0.05, 0.1) is 5.52 Å². The van der Waals surface area contributed by atoms with Gasteiger partial charge in [-0.2, -0.15) is 0 Å². The third-order valence-corrected chi connectivity index (χ3v) is 3.19. The molecule has 0 radical (unpaired) electrons. The van der Waals surface area contributed by atoms with Gasteiger partial charge in [-0.05, 0) is 37.1 Å². The fourth-order valence-electron chi connectivity index (χ4n) is 1.96. The Kier molecular flexibility index (Phi) is 3.15. The van der Waals surface area contributed by atoms with Crippen molar-refractivity contribution in [2.75, 3.05) is 12.4 Å². The number of aryl methyl sites for hydroxylation is 2. The predicted molar refractivity (Wildman–Crippen MR) is 73.1 cm³/mol. The minimum absolute atomic E-state index is 0.996. The molecule has 1 aromatic carbocycles. The average Bonchev–Trinajstić information content (AvgIpc) is 2.27. The first-order valence-corrected chi connectivity index (χ1v) is 6.22. The Bertz CT molecular complexity index is 486. The molecule has 16 heavy (non-hydrogen) atoms. The summed E-state index contributed by atoms with van der Waals surface area (Å²) < 4.78 is 1.11. The smallest absolute Gasteiger partial charge is 0.0758 e. The van der Waals surface area contributed by atoms with E-state index >= 15 is 0 Å². The van der Waals surface area contributed by atoms with Gasteiger partial charge in [0.2, 0.25) is 0 Å². The molecule has 0 saturated carbocycles. The molecule has 0 atom stereocenters. The number of halogens is 1. The van der Waals surface area contributed by atoms with E-state index in [0.717, 1.165) is 27.8 Å². The van der Waals surface area contributed by atoms with Crippen LogP contribution in [-0.2, 0) is 6.42 Å². The fourth-order valence-corrected chi connectivity index (χ4v) is 2.47. The lowest BCUT2D eigenvalue weighted by Crippen LogP contribution is -1.96. The van der Waals surface area contributed by atoms with E-state index in [1.165, 1.54) is 10.9 Å². The molecule has 1 heterocycles. The van der Waals surface area contributed by atoms with Crippen LogP contribution in [0.1, 0.15) is 18.2 Å². The molecule has 2 nitrogen and oxygen atoms in total. The van der Waals surface area contributed by atoms with Gasteiger partial charge in [0.1, 0.15) is 0 Å². The lowest BCUT2D eigenvalue weighted by atomic mass is 10.1. The summed E-state index contributed by atoms with van der Waals surface area (Å²) in [6.07, 6.45) is 0.996. The monoisotopic (exact) mass is 278 g/mol. The van der Waals surface area contributed by atoms with Gasteiger partial charge in [-0.1, -0.05) is 22.9 Å². The zero-order valence-corrected chi connectivity index (χ0v) is 11.4. The molecule has 0 aliphatic rings. The van der Waals surface area contributed by atoms with E-state index in [1.54, 1.807) is 0 Å². The maximum absolute atomic E-state index is 4.64. The van der Waals surface area contributed by atoms with Crippen molar-refractivity contribution in [1.29, 1.82) is 0 Å². The summed E-state index contributed by atoms with van der Waals surface area (Å²) >= 11 is 3.55. The molecule has 2 aromatic rings. The maximum atomic E-state index is 4.64. The highest BCUT2D eigenvalue weighted by Gasteiger charge is 2.07. The summed E-state index contributed by atoms with van der Waals surface area (Å²) in [5.74, 6) is 0. The summed E-state index contributed by atoms with van der Waals surface area (Å²) in [7, 11) is 1.95. The highest BCUT2D eigenvalue weighted by Crippen LogP contribution is 2.29. The molecule has 0 bridgehead atoms. The van der Waals surface area contributed by atoms with Gasteiger partial charge < -0.3 is 5.32 Å². The first-order chi connectivity index (χ1) is 7.65. The number of hydrogen-bond acceptors (Lipinski definition) is 2. The lowest BCUT2D eigenvalue weighted by molar-refractivity contribution is 1.13. The van der Waals surface area contributed by atoms with Gasteiger partial charge in [0.15, 0.2) is 0 Å². The van der Waals surface area contributed by atoms with Crippen LogP contribution in [0, 0.1) is 6.92 Å². The molecule has 0 aliphatic carbocycles. The van der Waals surface area contributed by atoms with Crippen LogP contribution in [0.2, 0.25) is 0 Å². The first kappa shape index (κ1) is 11.4. The molecule has 0 saturated heterocycles. The predicted octanol–water partition coefficient (Wildman–Crippen LogP) is 3.91. The van der Waals surface area contributed by atoms with Crippen LogP contribution in [0.4, 0.5) is 5.69 Å². The van der Waals surface area contributed by atoms with Gasteiger partial charge in [-0.25, -0.2) is 0 Å². The summed E-state index contributed by atoms with van der Waals surface area (Å²) in [5.41, 5.74) is 4.58. The van der Waals surface area contributed by atoms with Gasteiger partial charge in [0, 0.05) is 28.3 Å². The van der Waals surface area contributed by atoms with E-state index in [9.17, 15) is 0 Å². The van der Waals surface area contributed by atoms with Crippen LogP contribution in [0.25, 0.3) is 10.9 Å². The summed E-state index contributed by atoms with van der Waals surface area (Å²) in [5, 5.41) is 4.41. The molecule has 0 unspecified atom stereocenters. The van der Waals surface area contributed by atoms with Crippen molar-refractivity contribution < 1.29 is 0 Å². The zero-order valence-electron chi connectivity index (χ0n) is 9.76. The summed E-state index contributed by atoms with van der Waals surface area (Å²) in [4.78, 5) is 4.64. The molecule has 0 aliphatic heterocycles. The molecule has 84 valence electrons. The SMILES string of the molecule is CCc1cc(Br)cc2c(NC)cc(C)nc12. The van der Waals surface area contributed by atoms with Crippen LogP contribution in [0.15, 0.2) is 22.7 Å². The van der Waals surface area contributed by atoms with E-state index < -0.39 is 0 Å². The highest BCUT2D eigenvalue weighted by molar-refractivity contribution is 9.10. The first-order valence-electron chi connectivity index (χ1n) is 5.43. The van der Waals surface area contributed by atoms with Gasteiger partial charge in [0.25, 0.3) is 0 Å². The number of rotatable bonds is 2. The Morgan fingerprint density at radius 2 is 2.06 bits per heavy atom. The van der Waals surface area contributed by atoms with Gasteiger partial charge in [-0.3, -0.25) is 4.98 Å². The molecule has 1 N–H and O–H groups in total. The lowest BCUT2D eigenvalue weighted by Gasteiger charge is -2.11. The maximum Gasteiger partial charge on any atom is 0.0758 e. The van der Waals surface area contributed by atoms with Crippen LogP contribution in [-0.4, -0.2) is 12.0 Å². The van der Waals surface area contributed by atoms with E-state index in [0.29, 0.717) is 0 Å². The Labute approximate surface area is 104 Å². The van der Waals surface area contributed by atoms with Gasteiger partial charge >= 0.3 is 0 Å². The third kappa shape index (κ3) is 1.92. The molecule has 3 heteroatoms. The van der Waals surface area contributed by atoms with Crippen molar-refractivity contribution in [3.8, 4) is 0 Å². The van der Waals surface area contributed by atoms with Crippen molar-refractivity contribution in [1.82, 2.24) is 4.98 Å². The number of nitrogens with one attached hydrogen (secondary N) is 1. The van der Waals surface area contributed by atoms with Crippen molar-refractivity contribution in [2.24, 2.45) is 0 Å². The second kappa shape index (κ2) is 4.42. The van der Waals surface area contributed by atoms with E-state index in [1.807, 2.05) is 14.0 Å². The summed E-state index contributed by atoms with van der Waals surface area (Å²) in [6, 6.07) is 6.34.